The van der Waals surface area contributed by atoms with Gasteiger partial charge in [0.1, 0.15) is 5.84 Å². The van der Waals surface area contributed by atoms with Gasteiger partial charge in [0.15, 0.2) is 0 Å². The molecule has 0 saturated heterocycles. The molecule has 1 unspecified atom stereocenters. The van der Waals surface area contributed by atoms with Crippen LogP contribution in [0.4, 0.5) is 0 Å². The summed E-state index contributed by atoms with van der Waals surface area (Å²) < 4.78 is 0. The monoisotopic (exact) mass is 241 g/mol. The van der Waals surface area contributed by atoms with Crippen molar-refractivity contribution in [3.8, 4) is 0 Å². The van der Waals surface area contributed by atoms with E-state index in [1.165, 1.54) is 0 Å². The summed E-state index contributed by atoms with van der Waals surface area (Å²) in [6, 6.07) is 5.32. The molecule has 15 heavy (non-hydrogen) atoms. The number of hydrogen-bond donors (Lipinski definition) is 1. The van der Waals surface area contributed by atoms with Crippen molar-refractivity contribution < 1.29 is 0 Å². The van der Waals surface area contributed by atoms with Gasteiger partial charge in [-0.15, -0.1) is 5.10 Å². The molecule has 1 aliphatic rings. The van der Waals surface area contributed by atoms with Crippen LogP contribution in [-0.2, 0) is 0 Å². The van der Waals surface area contributed by atoms with Gasteiger partial charge in [-0.3, -0.25) is 0 Å². The van der Waals surface area contributed by atoms with Crippen molar-refractivity contribution in [2.24, 2.45) is 15.9 Å². The van der Waals surface area contributed by atoms with E-state index < -0.39 is 0 Å². The van der Waals surface area contributed by atoms with Gasteiger partial charge in [0.25, 0.3) is 0 Å². The summed E-state index contributed by atoms with van der Waals surface area (Å²) in [5.74, 6) is 0.353. The molecule has 78 valence electrons. The molecule has 0 aromatic heterocycles. The van der Waals surface area contributed by atoms with E-state index in [9.17, 15) is 0 Å². The zero-order chi connectivity index (χ0) is 11.0. The molecule has 1 aromatic rings. The maximum absolute atomic E-state index is 6.09. The Bertz CT molecular complexity index is 448. The lowest BCUT2D eigenvalue weighted by Gasteiger charge is -2.12. The Morgan fingerprint density at radius 1 is 1.27 bits per heavy atom. The van der Waals surface area contributed by atoms with E-state index in [1.54, 1.807) is 12.1 Å². The lowest BCUT2D eigenvalue weighted by molar-refractivity contribution is 1.20. The molecule has 0 amide bonds. The summed E-state index contributed by atoms with van der Waals surface area (Å²) in [5.41, 5.74) is 7.49. The molecular weight excluding hydrogens is 233 g/mol. The minimum Gasteiger partial charge on any atom is -0.385 e. The average Bonchev–Trinajstić information content (AvgIpc) is 2.48. The summed E-state index contributed by atoms with van der Waals surface area (Å²) in [6.45, 7) is 1.87. The molecular formula is C10H9Cl2N3. The SMILES string of the molecule is CC1=NN=C(N)C1c1ccc(Cl)cc1Cl. The van der Waals surface area contributed by atoms with Gasteiger partial charge in [0, 0.05) is 10.0 Å². The van der Waals surface area contributed by atoms with Crippen LogP contribution in [0.2, 0.25) is 10.0 Å². The van der Waals surface area contributed by atoms with Crippen molar-refractivity contribution in [2.45, 2.75) is 12.8 Å². The largest absolute Gasteiger partial charge is 0.385 e. The highest BCUT2D eigenvalue weighted by atomic mass is 35.5. The van der Waals surface area contributed by atoms with Crippen LogP contribution >= 0.6 is 23.2 Å². The third-order valence-electron chi connectivity index (χ3n) is 2.31. The summed E-state index contributed by atoms with van der Waals surface area (Å²) >= 11 is 11.9. The Morgan fingerprint density at radius 3 is 2.53 bits per heavy atom. The number of nitrogens with zero attached hydrogens (tertiary/aromatic N) is 2. The molecule has 2 N–H and O–H groups in total. The number of benzene rings is 1. The third-order valence-corrected chi connectivity index (χ3v) is 2.87. The van der Waals surface area contributed by atoms with E-state index in [4.69, 9.17) is 28.9 Å². The van der Waals surface area contributed by atoms with E-state index >= 15 is 0 Å². The molecule has 0 radical (unpaired) electrons. The van der Waals surface area contributed by atoms with Crippen LogP contribution in [0.1, 0.15) is 18.4 Å². The average molecular weight is 242 g/mol. The maximum Gasteiger partial charge on any atom is 0.135 e. The molecule has 3 nitrogen and oxygen atoms in total. The summed E-state index contributed by atoms with van der Waals surface area (Å²) in [4.78, 5) is 0. The van der Waals surface area contributed by atoms with Gasteiger partial charge in [-0.05, 0) is 24.6 Å². The number of hydrogen-bond acceptors (Lipinski definition) is 3. The lowest BCUT2D eigenvalue weighted by atomic mass is 9.94. The predicted octanol–water partition coefficient (Wildman–Crippen LogP) is 2.82. The van der Waals surface area contributed by atoms with Crippen LogP contribution in [0.15, 0.2) is 28.4 Å². The second kappa shape index (κ2) is 3.83. The molecule has 1 aromatic carbocycles. The Hall–Kier alpha value is -1.06. The van der Waals surface area contributed by atoms with Crippen molar-refractivity contribution >= 4 is 34.7 Å². The van der Waals surface area contributed by atoms with Crippen molar-refractivity contribution in [1.29, 1.82) is 0 Å². The van der Waals surface area contributed by atoms with Gasteiger partial charge in [0.2, 0.25) is 0 Å². The molecule has 0 fully saturated rings. The van der Waals surface area contributed by atoms with Crippen molar-refractivity contribution in [1.82, 2.24) is 0 Å². The van der Waals surface area contributed by atoms with Crippen LogP contribution in [0.5, 0.6) is 0 Å². The van der Waals surface area contributed by atoms with Crippen molar-refractivity contribution in [3.05, 3.63) is 33.8 Å². The van der Waals surface area contributed by atoms with E-state index in [2.05, 4.69) is 10.2 Å². The smallest absolute Gasteiger partial charge is 0.135 e. The van der Waals surface area contributed by atoms with E-state index in [0.29, 0.717) is 15.9 Å². The summed E-state index contributed by atoms with van der Waals surface area (Å²) in [6.07, 6.45) is 0. The fraction of sp³-hybridized carbons (Fsp3) is 0.200. The predicted molar refractivity (Wildman–Crippen MR) is 63.9 cm³/mol. The minimum absolute atomic E-state index is 0.116. The highest BCUT2D eigenvalue weighted by Gasteiger charge is 2.25. The molecule has 0 saturated carbocycles. The normalized spacial score (nSPS) is 20.1. The second-order valence-corrected chi connectivity index (χ2v) is 4.21. The van der Waals surface area contributed by atoms with Gasteiger partial charge in [-0.1, -0.05) is 29.3 Å². The van der Waals surface area contributed by atoms with Gasteiger partial charge in [-0.2, -0.15) is 5.10 Å². The summed E-state index contributed by atoms with van der Waals surface area (Å²) in [7, 11) is 0. The minimum atomic E-state index is -0.116. The van der Waals surface area contributed by atoms with Crippen LogP contribution in [0.25, 0.3) is 0 Å². The first-order chi connectivity index (χ1) is 7.09. The zero-order valence-electron chi connectivity index (χ0n) is 8.04. The molecule has 2 rings (SSSR count). The highest BCUT2D eigenvalue weighted by Crippen LogP contribution is 2.30. The van der Waals surface area contributed by atoms with Gasteiger partial charge in [-0.25, -0.2) is 0 Å². The lowest BCUT2D eigenvalue weighted by Crippen LogP contribution is -2.23. The van der Waals surface area contributed by atoms with Crippen molar-refractivity contribution in [3.63, 3.8) is 0 Å². The van der Waals surface area contributed by atoms with Gasteiger partial charge < -0.3 is 5.73 Å². The topological polar surface area (TPSA) is 50.7 Å². The van der Waals surface area contributed by atoms with Crippen LogP contribution in [-0.4, -0.2) is 11.5 Å². The zero-order valence-corrected chi connectivity index (χ0v) is 9.55. The van der Waals surface area contributed by atoms with Crippen molar-refractivity contribution in [2.75, 3.05) is 0 Å². The first-order valence-electron chi connectivity index (χ1n) is 4.42. The molecule has 0 spiro atoms. The highest BCUT2D eigenvalue weighted by molar-refractivity contribution is 6.35. The second-order valence-electron chi connectivity index (χ2n) is 3.37. The Morgan fingerprint density at radius 2 is 2.00 bits per heavy atom. The Balaban J connectivity index is 2.46. The number of amidine groups is 1. The molecule has 0 bridgehead atoms. The number of halogens is 2. The Kier molecular flexibility index (Phi) is 2.67. The quantitative estimate of drug-likeness (QED) is 0.808. The maximum atomic E-state index is 6.09. The fourth-order valence-corrected chi connectivity index (χ4v) is 2.10. The third kappa shape index (κ3) is 1.85. The summed E-state index contributed by atoms with van der Waals surface area (Å²) in [5, 5.41) is 8.94. The molecule has 5 heteroatoms. The van der Waals surface area contributed by atoms with E-state index in [0.717, 1.165) is 11.3 Å². The van der Waals surface area contributed by atoms with Crippen LogP contribution < -0.4 is 5.73 Å². The number of nitrogens with two attached hydrogens (primary N) is 1. The first kappa shape index (κ1) is 10.5. The fourth-order valence-electron chi connectivity index (χ4n) is 1.59. The standard InChI is InChI=1S/C10H9Cl2N3/c1-5-9(10(13)15-14-5)7-3-2-6(11)4-8(7)12/h2-4,9H,1H3,(H2,13,15). The number of rotatable bonds is 1. The Labute approximate surface area is 97.6 Å². The van der Waals surface area contributed by atoms with Gasteiger partial charge >= 0.3 is 0 Å². The van der Waals surface area contributed by atoms with Gasteiger partial charge in [0.05, 0.1) is 11.6 Å². The van der Waals surface area contributed by atoms with E-state index in [1.807, 2.05) is 13.0 Å². The van der Waals surface area contributed by atoms with Crippen LogP contribution in [0.3, 0.4) is 0 Å². The van der Waals surface area contributed by atoms with E-state index in [-0.39, 0.29) is 5.92 Å². The van der Waals surface area contributed by atoms with Crippen LogP contribution in [0, 0.1) is 0 Å². The molecule has 0 aliphatic carbocycles. The molecule has 1 aliphatic heterocycles. The first-order valence-corrected chi connectivity index (χ1v) is 5.17. The molecule has 1 heterocycles. The molecule has 1 atom stereocenters.